The third kappa shape index (κ3) is 9.82. The van der Waals surface area contributed by atoms with Gasteiger partial charge in [0.1, 0.15) is 24.2 Å². The van der Waals surface area contributed by atoms with Gasteiger partial charge in [0.15, 0.2) is 0 Å². The fourth-order valence-electron chi connectivity index (χ4n) is 3.33. The molecule has 10 heteroatoms. The van der Waals surface area contributed by atoms with Gasteiger partial charge in [0.2, 0.25) is 11.8 Å². The van der Waals surface area contributed by atoms with Crippen molar-refractivity contribution in [3.63, 3.8) is 0 Å². The van der Waals surface area contributed by atoms with Crippen molar-refractivity contribution < 1.29 is 28.7 Å². The standard InChI is InChI=1S/C26H37N3O6S/c1-9-18-10-12-19(13-11-18)22(23(31)27-16-21(30)34-7)29(17(2)3)24(32)20(14-15-36-8)28-25(33)35-26(4,5)6/h1,10-13,17,20,22H,14-16H2,2-8H3,(H,27,31)(H,28,33). The first-order valence-corrected chi connectivity index (χ1v) is 13.0. The fourth-order valence-corrected chi connectivity index (χ4v) is 3.80. The number of methoxy groups -OCH3 is 1. The lowest BCUT2D eigenvalue weighted by Gasteiger charge is -2.37. The van der Waals surface area contributed by atoms with Crippen molar-refractivity contribution in [2.45, 2.75) is 64.8 Å². The number of hydrogen-bond acceptors (Lipinski definition) is 7. The van der Waals surface area contributed by atoms with E-state index in [1.165, 1.54) is 23.8 Å². The highest BCUT2D eigenvalue weighted by Gasteiger charge is 2.37. The first-order chi connectivity index (χ1) is 16.8. The Morgan fingerprint density at radius 2 is 1.75 bits per heavy atom. The number of alkyl carbamates (subject to hydrolysis) is 1. The predicted molar refractivity (Wildman–Crippen MR) is 140 cm³/mol. The molecule has 1 aromatic carbocycles. The van der Waals surface area contributed by atoms with Crippen molar-refractivity contribution in [1.82, 2.24) is 15.5 Å². The number of amides is 3. The summed E-state index contributed by atoms with van der Waals surface area (Å²) in [4.78, 5) is 52.8. The molecule has 0 saturated carbocycles. The van der Waals surface area contributed by atoms with Crippen LogP contribution in [0.25, 0.3) is 0 Å². The van der Waals surface area contributed by atoms with Crippen LogP contribution in [0.1, 0.15) is 58.2 Å². The number of rotatable bonds is 11. The number of ether oxygens (including phenoxy) is 2. The minimum absolute atomic E-state index is 0.328. The zero-order valence-corrected chi connectivity index (χ0v) is 22.9. The average molecular weight is 520 g/mol. The van der Waals surface area contributed by atoms with Gasteiger partial charge in [-0.05, 0) is 70.7 Å². The van der Waals surface area contributed by atoms with Crippen LogP contribution in [0.2, 0.25) is 0 Å². The molecule has 9 nitrogen and oxygen atoms in total. The highest BCUT2D eigenvalue weighted by molar-refractivity contribution is 7.98. The van der Waals surface area contributed by atoms with Gasteiger partial charge in [0, 0.05) is 11.6 Å². The summed E-state index contributed by atoms with van der Waals surface area (Å²) in [6.45, 7) is 8.37. The number of nitrogens with zero attached hydrogens (tertiary/aromatic N) is 1. The molecule has 0 spiro atoms. The third-order valence-electron chi connectivity index (χ3n) is 4.96. The Kier molecular flexibility index (Phi) is 12.3. The normalized spacial score (nSPS) is 12.6. The van der Waals surface area contributed by atoms with Crippen LogP contribution >= 0.6 is 11.8 Å². The number of nitrogens with one attached hydrogen (secondary N) is 2. The molecule has 0 aromatic heterocycles. The van der Waals surface area contributed by atoms with Crippen LogP contribution in [0.4, 0.5) is 4.79 Å². The molecule has 2 N–H and O–H groups in total. The van der Waals surface area contributed by atoms with Gasteiger partial charge in [-0.3, -0.25) is 14.4 Å². The second-order valence-electron chi connectivity index (χ2n) is 9.28. The molecule has 0 bridgehead atoms. The minimum Gasteiger partial charge on any atom is -0.468 e. The number of esters is 1. The van der Waals surface area contributed by atoms with Crippen molar-refractivity contribution in [1.29, 1.82) is 0 Å². The van der Waals surface area contributed by atoms with Crippen molar-refractivity contribution in [2.24, 2.45) is 0 Å². The van der Waals surface area contributed by atoms with Crippen LogP contribution < -0.4 is 10.6 Å². The number of hydrogen-bond donors (Lipinski definition) is 2. The van der Waals surface area contributed by atoms with Crippen LogP contribution in [0, 0.1) is 12.3 Å². The largest absolute Gasteiger partial charge is 0.468 e. The van der Waals surface area contributed by atoms with E-state index in [-0.39, 0.29) is 6.54 Å². The maximum atomic E-state index is 13.9. The van der Waals surface area contributed by atoms with E-state index in [4.69, 9.17) is 11.2 Å². The first-order valence-electron chi connectivity index (χ1n) is 11.6. The zero-order chi connectivity index (χ0) is 27.5. The molecule has 0 aliphatic rings. The number of terminal acetylenes is 1. The summed E-state index contributed by atoms with van der Waals surface area (Å²) in [7, 11) is 1.22. The summed E-state index contributed by atoms with van der Waals surface area (Å²) in [5.74, 6) is 1.46. The van der Waals surface area contributed by atoms with Gasteiger partial charge in [-0.15, -0.1) is 6.42 Å². The molecule has 1 aromatic rings. The third-order valence-corrected chi connectivity index (χ3v) is 5.61. The van der Waals surface area contributed by atoms with Gasteiger partial charge in [0.25, 0.3) is 0 Å². The van der Waals surface area contributed by atoms with Crippen LogP contribution in [0.5, 0.6) is 0 Å². The van der Waals surface area contributed by atoms with E-state index < -0.39 is 47.6 Å². The Labute approximate surface area is 218 Å². The molecular formula is C26H37N3O6S. The van der Waals surface area contributed by atoms with Crippen LogP contribution in [-0.2, 0) is 23.9 Å². The molecule has 2 atom stereocenters. The monoisotopic (exact) mass is 519 g/mol. The Morgan fingerprint density at radius 1 is 1.14 bits per heavy atom. The van der Waals surface area contributed by atoms with E-state index in [1.54, 1.807) is 58.9 Å². The van der Waals surface area contributed by atoms with Crippen LogP contribution in [0.15, 0.2) is 24.3 Å². The predicted octanol–water partition coefficient (Wildman–Crippen LogP) is 2.88. The van der Waals surface area contributed by atoms with E-state index in [2.05, 4.69) is 21.3 Å². The summed E-state index contributed by atoms with van der Waals surface area (Å²) in [6.07, 6.45) is 6.96. The summed E-state index contributed by atoms with van der Waals surface area (Å²) in [5.41, 5.74) is 0.364. The van der Waals surface area contributed by atoms with Gasteiger partial charge < -0.3 is 25.0 Å². The van der Waals surface area contributed by atoms with Crippen molar-refractivity contribution >= 4 is 35.6 Å². The summed E-state index contributed by atoms with van der Waals surface area (Å²) < 4.78 is 9.97. The Bertz CT molecular complexity index is 950. The van der Waals surface area contributed by atoms with Gasteiger partial charge >= 0.3 is 12.1 Å². The molecule has 0 saturated heterocycles. The maximum Gasteiger partial charge on any atom is 0.408 e. The molecule has 1 rings (SSSR count). The molecule has 198 valence electrons. The maximum absolute atomic E-state index is 13.9. The molecule has 3 amide bonds. The molecule has 0 aliphatic carbocycles. The number of benzene rings is 1. The molecule has 36 heavy (non-hydrogen) atoms. The average Bonchev–Trinajstić information content (AvgIpc) is 2.81. The van der Waals surface area contributed by atoms with Gasteiger partial charge in [0.05, 0.1) is 7.11 Å². The quantitative estimate of drug-likeness (QED) is 0.341. The highest BCUT2D eigenvalue weighted by atomic mass is 32.2. The molecule has 0 fully saturated rings. The lowest BCUT2D eigenvalue weighted by Crippen LogP contribution is -2.55. The Balaban J connectivity index is 3.44. The summed E-state index contributed by atoms with van der Waals surface area (Å²) in [5, 5.41) is 5.21. The lowest BCUT2D eigenvalue weighted by molar-refractivity contribution is -0.146. The number of thioether (sulfide) groups is 1. The second kappa shape index (κ2) is 14.4. The van der Waals surface area contributed by atoms with Crippen LogP contribution in [0.3, 0.4) is 0 Å². The smallest absolute Gasteiger partial charge is 0.408 e. The molecular weight excluding hydrogens is 482 g/mol. The van der Waals surface area contributed by atoms with Crippen molar-refractivity contribution in [2.75, 3.05) is 25.7 Å². The minimum atomic E-state index is -1.09. The summed E-state index contributed by atoms with van der Waals surface area (Å²) >= 11 is 1.52. The van der Waals surface area contributed by atoms with Gasteiger partial charge in [-0.1, -0.05) is 18.1 Å². The van der Waals surface area contributed by atoms with Gasteiger partial charge in [-0.25, -0.2) is 4.79 Å². The fraction of sp³-hybridized carbons (Fsp3) is 0.538. The molecule has 2 unspecified atom stereocenters. The van der Waals surface area contributed by atoms with E-state index in [9.17, 15) is 19.2 Å². The molecule has 0 aliphatic heterocycles. The van der Waals surface area contributed by atoms with E-state index in [0.717, 1.165) is 0 Å². The van der Waals surface area contributed by atoms with Crippen molar-refractivity contribution in [3.8, 4) is 12.3 Å². The van der Waals surface area contributed by atoms with Crippen molar-refractivity contribution in [3.05, 3.63) is 35.4 Å². The highest BCUT2D eigenvalue weighted by Crippen LogP contribution is 2.26. The lowest BCUT2D eigenvalue weighted by atomic mass is 9.99. The topological polar surface area (TPSA) is 114 Å². The SMILES string of the molecule is C#Cc1ccc(C(C(=O)NCC(=O)OC)N(C(=O)C(CCSC)NC(=O)OC(C)(C)C)C(C)C)cc1. The zero-order valence-electron chi connectivity index (χ0n) is 22.0. The van der Waals surface area contributed by atoms with E-state index in [1.807, 2.05) is 6.26 Å². The molecule has 0 radical (unpaired) electrons. The Hall–Kier alpha value is -3.19. The Morgan fingerprint density at radius 3 is 2.22 bits per heavy atom. The van der Waals surface area contributed by atoms with E-state index in [0.29, 0.717) is 23.3 Å². The molecule has 0 heterocycles. The second-order valence-corrected chi connectivity index (χ2v) is 10.3. The summed E-state index contributed by atoms with van der Waals surface area (Å²) in [6, 6.07) is 4.21. The van der Waals surface area contributed by atoms with Gasteiger partial charge in [-0.2, -0.15) is 11.8 Å². The first kappa shape index (κ1) is 30.8. The number of carbonyl (C=O) groups excluding carboxylic acids is 4. The number of carbonyl (C=O) groups is 4. The van der Waals surface area contributed by atoms with Crippen LogP contribution in [-0.4, -0.2) is 72.1 Å². The van der Waals surface area contributed by atoms with E-state index >= 15 is 0 Å².